The van der Waals surface area contributed by atoms with E-state index in [2.05, 4.69) is 50.2 Å². The van der Waals surface area contributed by atoms with Gasteiger partial charge in [0, 0.05) is 24.2 Å². The van der Waals surface area contributed by atoms with E-state index in [1.54, 1.807) is 13.3 Å². The van der Waals surface area contributed by atoms with Crippen LogP contribution in [0.2, 0.25) is 0 Å². The largest absolute Gasteiger partial charge is 0.497 e. The Balaban J connectivity index is 0. The molecule has 39 heavy (non-hydrogen) atoms. The Hall–Kier alpha value is -2.12. The van der Waals surface area contributed by atoms with Crippen LogP contribution in [0.15, 0.2) is 43.1 Å². The smallest absolute Gasteiger partial charge is 0.394 e. The molecule has 4 heterocycles. The van der Waals surface area contributed by atoms with Gasteiger partial charge in [-0.05, 0) is 61.1 Å². The predicted molar refractivity (Wildman–Crippen MR) is 158 cm³/mol. The summed E-state index contributed by atoms with van der Waals surface area (Å²) in [7, 11) is -3.01. The normalized spacial score (nSPS) is 21.6. The number of hydrogen-bond acceptors (Lipinski definition) is 6. The number of ether oxygens (including phenoxy) is 1. The number of aromatic nitrogens is 1. The molecule has 2 aromatic rings. The second kappa shape index (κ2) is 19.9. The molecule has 0 radical (unpaired) electrons. The molecule has 5 atom stereocenters. The lowest BCUT2D eigenvalue weighted by Gasteiger charge is -2.50. The molecule has 0 saturated carbocycles. The minimum Gasteiger partial charge on any atom is -0.497 e. The van der Waals surface area contributed by atoms with E-state index in [0.29, 0.717) is 11.8 Å². The van der Waals surface area contributed by atoms with Crippen LogP contribution in [0.5, 0.6) is 5.75 Å². The van der Waals surface area contributed by atoms with Crippen LogP contribution in [0, 0.1) is 11.8 Å². The van der Waals surface area contributed by atoms with Gasteiger partial charge in [-0.3, -0.25) is 19.0 Å². The van der Waals surface area contributed by atoms with E-state index < -0.39 is 16.5 Å². The van der Waals surface area contributed by atoms with Crippen LogP contribution in [0.25, 0.3) is 10.9 Å². The highest BCUT2D eigenvalue weighted by molar-refractivity contribution is 7.79. The maximum atomic E-state index is 11.2. The number of hydrogen-bond donors (Lipinski definition) is 3. The lowest BCUT2D eigenvalue weighted by atomic mass is 9.73. The van der Waals surface area contributed by atoms with Crippen LogP contribution in [-0.4, -0.2) is 69.7 Å². The van der Waals surface area contributed by atoms with E-state index in [0.717, 1.165) is 41.7 Å². The van der Waals surface area contributed by atoms with E-state index >= 15 is 0 Å². The molecule has 0 spiro atoms. The van der Waals surface area contributed by atoms with E-state index in [1.807, 2.05) is 24.3 Å². The summed E-state index contributed by atoms with van der Waals surface area (Å²) in [6, 6.07) is 7.96. The zero-order valence-corrected chi connectivity index (χ0v) is 24.8. The summed E-state index contributed by atoms with van der Waals surface area (Å²) in [4.78, 5) is 6.86. The summed E-state index contributed by atoms with van der Waals surface area (Å²) in [6.45, 7) is 14.8. The Morgan fingerprint density at radius 2 is 1.67 bits per heavy atom. The van der Waals surface area contributed by atoms with Crippen molar-refractivity contribution in [3.63, 3.8) is 0 Å². The Kier molecular flexibility index (Phi) is 19.9. The van der Waals surface area contributed by atoms with Crippen molar-refractivity contribution in [2.24, 2.45) is 11.8 Å². The second-order valence-electron chi connectivity index (χ2n) is 9.42. The van der Waals surface area contributed by atoms with Gasteiger partial charge in [0.1, 0.15) is 5.75 Å². The number of nitrogens with zero attached hydrogens (tertiary/aromatic N) is 2. The molecule has 226 valence electrons. The molecular formula is C28H50N2O8S. The SMILES string of the molecule is C=C[C@H]1CN2CCC1C[C@H]2[C@H](O)c1ccnc2ccc(OC)cc12.CCCC.CCCC.O.O.O=S(=O)(O)O. The Bertz CT molecular complexity index is 1040. The number of aliphatic hydroxyl groups excluding tert-OH is 1. The molecule has 3 aliphatic rings. The van der Waals surface area contributed by atoms with Crippen LogP contribution in [0.4, 0.5) is 0 Å². The van der Waals surface area contributed by atoms with Gasteiger partial charge in [0.15, 0.2) is 0 Å². The van der Waals surface area contributed by atoms with E-state index in [9.17, 15) is 5.11 Å². The van der Waals surface area contributed by atoms with Gasteiger partial charge in [0.05, 0.1) is 18.7 Å². The Morgan fingerprint density at radius 1 is 1.10 bits per heavy atom. The minimum absolute atomic E-state index is 0. The average molecular weight is 575 g/mol. The van der Waals surface area contributed by atoms with E-state index in [-0.39, 0.29) is 17.0 Å². The van der Waals surface area contributed by atoms with Gasteiger partial charge in [-0.2, -0.15) is 8.42 Å². The first-order valence-electron chi connectivity index (χ1n) is 13.2. The van der Waals surface area contributed by atoms with E-state index in [4.69, 9.17) is 22.3 Å². The van der Waals surface area contributed by atoms with Crippen LogP contribution >= 0.6 is 0 Å². The quantitative estimate of drug-likeness (QED) is 0.333. The van der Waals surface area contributed by atoms with Gasteiger partial charge < -0.3 is 20.8 Å². The summed E-state index contributed by atoms with van der Waals surface area (Å²) in [5, 5.41) is 12.1. The molecule has 3 fully saturated rings. The number of methoxy groups -OCH3 is 1. The minimum atomic E-state index is -4.67. The molecule has 1 aromatic carbocycles. The molecule has 2 bridgehead atoms. The number of unbranched alkanes of at least 4 members (excludes halogenated alkanes) is 2. The standard InChI is InChI=1S/C20H24N2O2.2C4H10.H2O4S.2H2O/c1-3-13-12-22-9-7-14(13)10-19(22)20(23)16-6-8-21-18-5-4-15(24-2)11-17(16)18;2*1-3-4-2;1-5(2,3)4;;/h3-6,8,11,13-14,19-20,23H,1,7,9-10,12H2,2H3;2*3-4H2,1-2H3;(H2,1,2,3,4);2*1H2/t13-,14?,19-,20+;;;;;/m0...../s1. The van der Waals surface area contributed by atoms with Crippen molar-refractivity contribution in [3.8, 4) is 5.75 Å². The third-order valence-corrected chi connectivity index (χ3v) is 6.82. The van der Waals surface area contributed by atoms with Gasteiger partial charge in [0.25, 0.3) is 0 Å². The number of rotatable bonds is 6. The van der Waals surface area contributed by atoms with Gasteiger partial charge in [-0.25, -0.2) is 0 Å². The van der Waals surface area contributed by atoms with Crippen LogP contribution in [0.1, 0.15) is 77.9 Å². The highest BCUT2D eigenvalue weighted by atomic mass is 32.3. The van der Waals surface area contributed by atoms with Gasteiger partial charge in [0.2, 0.25) is 0 Å². The summed E-state index contributed by atoms with van der Waals surface area (Å²) >= 11 is 0. The molecular weight excluding hydrogens is 524 g/mol. The summed E-state index contributed by atoms with van der Waals surface area (Å²) in [5.41, 5.74) is 1.85. The average Bonchev–Trinajstić information content (AvgIpc) is 2.91. The molecule has 3 saturated heterocycles. The number of benzene rings is 1. The van der Waals surface area contributed by atoms with Crippen LogP contribution < -0.4 is 4.74 Å². The maximum absolute atomic E-state index is 11.2. The molecule has 0 amide bonds. The molecule has 0 aliphatic carbocycles. The fraction of sp³-hybridized carbons (Fsp3) is 0.607. The van der Waals surface area contributed by atoms with Gasteiger partial charge in [-0.15, -0.1) is 6.58 Å². The van der Waals surface area contributed by atoms with Crippen LogP contribution in [0.3, 0.4) is 0 Å². The fourth-order valence-corrected chi connectivity index (χ4v) is 4.44. The number of pyridine rings is 1. The molecule has 1 aromatic heterocycles. The molecule has 2 unspecified atom stereocenters. The van der Waals surface area contributed by atoms with Crippen molar-refractivity contribution in [1.82, 2.24) is 9.88 Å². The first kappa shape index (κ1) is 39.0. The van der Waals surface area contributed by atoms with Crippen molar-refractivity contribution in [3.05, 3.63) is 48.7 Å². The molecule has 10 nitrogen and oxygen atoms in total. The third kappa shape index (κ3) is 13.2. The molecule has 7 N–H and O–H groups in total. The van der Waals surface area contributed by atoms with Crippen molar-refractivity contribution in [2.45, 2.75) is 78.4 Å². The van der Waals surface area contributed by atoms with Crippen molar-refractivity contribution in [2.75, 3.05) is 20.2 Å². The molecule has 5 rings (SSSR count). The van der Waals surface area contributed by atoms with Crippen molar-refractivity contribution in [1.29, 1.82) is 0 Å². The topological polar surface area (TPSA) is 183 Å². The zero-order chi connectivity index (χ0) is 28.0. The lowest BCUT2D eigenvalue weighted by molar-refractivity contribution is -0.0444. The van der Waals surface area contributed by atoms with Crippen LogP contribution in [-0.2, 0) is 10.4 Å². The van der Waals surface area contributed by atoms with E-state index in [1.165, 1.54) is 32.1 Å². The highest BCUT2D eigenvalue weighted by Gasteiger charge is 2.42. The highest BCUT2D eigenvalue weighted by Crippen LogP contribution is 2.42. The van der Waals surface area contributed by atoms with Crippen molar-refractivity contribution >= 4 is 21.3 Å². The predicted octanol–water partition coefficient (Wildman–Crippen LogP) is 4.48. The maximum Gasteiger partial charge on any atom is 0.394 e. The monoisotopic (exact) mass is 574 g/mol. The Morgan fingerprint density at radius 3 is 2.10 bits per heavy atom. The first-order valence-corrected chi connectivity index (χ1v) is 14.6. The second-order valence-corrected chi connectivity index (χ2v) is 10.3. The molecule has 11 heteroatoms. The fourth-order valence-electron chi connectivity index (χ4n) is 4.44. The van der Waals surface area contributed by atoms with Gasteiger partial charge >= 0.3 is 10.4 Å². The number of fused-ring (bicyclic) bond motifs is 4. The first-order chi connectivity index (χ1) is 17.5. The summed E-state index contributed by atoms with van der Waals surface area (Å²) < 4.78 is 36.9. The Labute approximate surface area is 234 Å². The number of piperidine rings is 3. The third-order valence-electron chi connectivity index (χ3n) is 6.82. The zero-order valence-electron chi connectivity index (χ0n) is 24.0. The lowest BCUT2D eigenvalue weighted by Crippen LogP contribution is -2.54. The summed E-state index contributed by atoms with van der Waals surface area (Å²) in [5.74, 6) is 2.01. The van der Waals surface area contributed by atoms with Gasteiger partial charge in [-0.1, -0.05) is 59.5 Å². The summed E-state index contributed by atoms with van der Waals surface area (Å²) in [6.07, 6.45) is 10.9. The molecule has 3 aliphatic heterocycles. The number of aliphatic hydroxyl groups is 1. The van der Waals surface area contributed by atoms with Crippen molar-refractivity contribution < 1.29 is 38.3 Å².